The predicted molar refractivity (Wildman–Crippen MR) is 137 cm³/mol. The van der Waals surface area contributed by atoms with E-state index in [1.165, 1.54) is 35.9 Å². The average molecular weight is 512 g/mol. The molecule has 0 aliphatic rings. The Morgan fingerprint density at radius 2 is 1.72 bits per heavy atom. The summed E-state index contributed by atoms with van der Waals surface area (Å²) in [5, 5.41) is 11.4. The van der Waals surface area contributed by atoms with E-state index < -0.39 is 29.3 Å². The fraction of sp³-hybridized carbons (Fsp3) is 0.286. The summed E-state index contributed by atoms with van der Waals surface area (Å²) in [4.78, 5) is 17.8. The van der Waals surface area contributed by atoms with Crippen LogP contribution in [0, 0.1) is 32.4 Å². The van der Waals surface area contributed by atoms with Crippen LogP contribution in [-0.4, -0.2) is 19.2 Å². The molecule has 2 aromatic heterocycles. The molecule has 5 nitrogen and oxygen atoms in total. The Hall–Kier alpha value is -3.29. The maximum Gasteiger partial charge on any atom is 0.257 e. The number of imidazole rings is 1. The molecule has 2 atom stereocenters. The molecule has 2 unspecified atom stereocenters. The monoisotopic (exact) mass is 511 g/mol. The van der Waals surface area contributed by atoms with Crippen molar-refractivity contribution in [2.24, 2.45) is 0 Å². The SMILES string of the molecule is CCCC(c1cc(F)c(C)c(F)c1)n1cc(Cl)cc(C(O)c2ccc(-n3cnc(C)c3)c(C)c2)c1=O. The first-order valence-electron chi connectivity index (χ1n) is 11.8. The normalized spacial score (nSPS) is 13.1. The van der Waals surface area contributed by atoms with Gasteiger partial charge in [-0.25, -0.2) is 13.8 Å². The van der Waals surface area contributed by atoms with Crippen LogP contribution >= 0.6 is 11.6 Å². The van der Waals surface area contributed by atoms with Crippen molar-refractivity contribution in [3.63, 3.8) is 0 Å². The van der Waals surface area contributed by atoms with Gasteiger partial charge in [-0.2, -0.15) is 0 Å². The van der Waals surface area contributed by atoms with E-state index in [0.29, 0.717) is 24.0 Å². The number of benzene rings is 2. The molecule has 0 bridgehead atoms. The molecule has 36 heavy (non-hydrogen) atoms. The van der Waals surface area contributed by atoms with Gasteiger partial charge in [-0.05, 0) is 68.1 Å². The minimum Gasteiger partial charge on any atom is -0.383 e. The molecule has 0 saturated carbocycles. The number of hydrogen-bond donors (Lipinski definition) is 1. The number of pyridine rings is 1. The van der Waals surface area contributed by atoms with Gasteiger partial charge < -0.3 is 14.2 Å². The van der Waals surface area contributed by atoms with E-state index in [4.69, 9.17) is 11.6 Å². The zero-order valence-corrected chi connectivity index (χ0v) is 21.4. The summed E-state index contributed by atoms with van der Waals surface area (Å²) in [7, 11) is 0. The largest absolute Gasteiger partial charge is 0.383 e. The molecule has 2 heterocycles. The summed E-state index contributed by atoms with van der Waals surface area (Å²) >= 11 is 6.38. The number of rotatable bonds is 7. The summed E-state index contributed by atoms with van der Waals surface area (Å²) in [6.07, 6.45) is 4.94. The van der Waals surface area contributed by atoms with Crippen molar-refractivity contribution in [1.82, 2.24) is 14.1 Å². The van der Waals surface area contributed by atoms with Crippen LogP contribution in [0.5, 0.6) is 0 Å². The molecule has 2 aromatic carbocycles. The highest BCUT2D eigenvalue weighted by Crippen LogP contribution is 2.29. The van der Waals surface area contributed by atoms with Crippen molar-refractivity contribution >= 4 is 11.6 Å². The molecule has 1 N–H and O–H groups in total. The second-order valence-electron chi connectivity index (χ2n) is 9.11. The van der Waals surface area contributed by atoms with Crippen LogP contribution in [0.4, 0.5) is 8.78 Å². The van der Waals surface area contributed by atoms with Crippen LogP contribution in [0.1, 0.15) is 65.4 Å². The van der Waals surface area contributed by atoms with Crippen LogP contribution in [-0.2, 0) is 0 Å². The third-order valence-electron chi connectivity index (χ3n) is 6.44. The molecule has 0 saturated heterocycles. The Balaban J connectivity index is 1.77. The second kappa shape index (κ2) is 10.4. The number of aliphatic hydroxyl groups is 1. The van der Waals surface area contributed by atoms with Crippen LogP contribution < -0.4 is 5.56 Å². The zero-order valence-electron chi connectivity index (χ0n) is 20.6. The zero-order chi connectivity index (χ0) is 26.1. The van der Waals surface area contributed by atoms with Crippen molar-refractivity contribution in [2.45, 2.75) is 52.7 Å². The van der Waals surface area contributed by atoms with Crippen LogP contribution in [0.25, 0.3) is 5.69 Å². The Kier molecular flexibility index (Phi) is 7.43. The fourth-order valence-corrected chi connectivity index (χ4v) is 4.71. The third kappa shape index (κ3) is 4.99. The maximum absolute atomic E-state index is 14.4. The summed E-state index contributed by atoms with van der Waals surface area (Å²) in [6.45, 7) is 7.10. The molecule has 0 aliphatic heterocycles. The lowest BCUT2D eigenvalue weighted by molar-refractivity contribution is 0.217. The standard InChI is InChI=1S/C28H28ClF2N3O2/c1-5-6-26(20-10-23(30)18(4)24(31)11-20)34-14-21(29)12-22(28(34)36)27(35)19-7-8-25(16(2)9-19)33-13-17(3)32-15-33/h7-15,26-27,35H,5-6H2,1-4H3. The number of hydrogen-bond acceptors (Lipinski definition) is 3. The smallest absolute Gasteiger partial charge is 0.257 e. The molecule has 4 rings (SSSR count). The molecular formula is C28H28ClF2N3O2. The van der Waals surface area contributed by atoms with Crippen molar-refractivity contribution in [2.75, 3.05) is 0 Å². The molecule has 8 heteroatoms. The summed E-state index contributed by atoms with van der Waals surface area (Å²) in [6, 6.07) is 8.72. The Bertz CT molecular complexity index is 1460. The second-order valence-corrected chi connectivity index (χ2v) is 9.55. The van der Waals surface area contributed by atoms with Crippen molar-refractivity contribution in [3.8, 4) is 5.69 Å². The molecule has 0 radical (unpaired) electrons. The molecule has 0 aliphatic carbocycles. The number of aromatic nitrogens is 3. The van der Waals surface area contributed by atoms with Crippen molar-refractivity contribution < 1.29 is 13.9 Å². The lowest BCUT2D eigenvalue weighted by atomic mass is 9.97. The third-order valence-corrected chi connectivity index (χ3v) is 6.65. The highest BCUT2D eigenvalue weighted by molar-refractivity contribution is 6.30. The van der Waals surface area contributed by atoms with Gasteiger partial charge in [0.25, 0.3) is 5.56 Å². The lowest BCUT2D eigenvalue weighted by Gasteiger charge is -2.23. The summed E-state index contributed by atoms with van der Waals surface area (Å²) in [5.41, 5.74) is 3.07. The fourth-order valence-electron chi connectivity index (χ4n) is 4.48. The van der Waals surface area contributed by atoms with E-state index in [2.05, 4.69) is 4.98 Å². The minimum atomic E-state index is -1.24. The predicted octanol–water partition coefficient (Wildman–Crippen LogP) is 6.36. The van der Waals surface area contributed by atoms with E-state index in [-0.39, 0.29) is 16.1 Å². The lowest BCUT2D eigenvalue weighted by Crippen LogP contribution is -2.29. The van der Waals surface area contributed by atoms with E-state index in [0.717, 1.165) is 16.9 Å². The summed E-state index contributed by atoms with van der Waals surface area (Å²) < 4.78 is 32.0. The van der Waals surface area contributed by atoms with E-state index >= 15 is 0 Å². The molecule has 188 valence electrons. The minimum absolute atomic E-state index is 0.0757. The highest BCUT2D eigenvalue weighted by Gasteiger charge is 2.23. The Morgan fingerprint density at radius 3 is 2.31 bits per heavy atom. The van der Waals surface area contributed by atoms with Gasteiger partial charge in [-0.15, -0.1) is 0 Å². The molecule has 0 spiro atoms. The van der Waals surface area contributed by atoms with Gasteiger partial charge in [-0.3, -0.25) is 4.79 Å². The number of aryl methyl sites for hydroxylation is 2. The van der Waals surface area contributed by atoms with Crippen LogP contribution in [0.15, 0.2) is 59.9 Å². The topological polar surface area (TPSA) is 60.1 Å². The van der Waals surface area contributed by atoms with E-state index in [9.17, 15) is 18.7 Å². The molecular weight excluding hydrogens is 484 g/mol. The summed E-state index contributed by atoms with van der Waals surface area (Å²) in [5.74, 6) is -1.35. The first kappa shape index (κ1) is 25.8. The Labute approximate surface area is 213 Å². The molecule has 0 fully saturated rings. The van der Waals surface area contributed by atoms with E-state index in [1.54, 1.807) is 12.4 Å². The van der Waals surface area contributed by atoms with Crippen molar-refractivity contribution in [1.29, 1.82) is 0 Å². The van der Waals surface area contributed by atoms with E-state index in [1.807, 2.05) is 43.7 Å². The number of aliphatic hydroxyl groups excluding tert-OH is 1. The quantitative estimate of drug-likeness (QED) is 0.314. The van der Waals surface area contributed by atoms with Gasteiger partial charge in [0, 0.05) is 23.6 Å². The molecule has 0 amide bonds. The van der Waals surface area contributed by atoms with Crippen molar-refractivity contribution in [3.05, 3.63) is 116 Å². The van der Waals surface area contributed by atoms with Gasteiger partial charge in [0.2, 0.25) is 0 Å². The van der Waals surface area contributed by atoms with Gasteiger partial charge in [-0.1, -0.05) is 37.1 Å². The first-order chi connectivity index (χ1) is 17.1. The average Bonchev–Trinajstić information content (AvgIpc) is 3.27. The maximum atomic E-state index is 14.4. The van der Waals surface area contributed by atoms with Gasteiger partial charge in [0.1, 0.15) is 17.7 Å². The van der Waals surface area contributed by atoms with Crippen LogP contribution in [0.2, 0.25) is 5.02 Å². The Morgan fingerprint density at radius 1 is 1.03 bits per heavy atom. The first-order valence-corrected chi connectivity index (χ1v) is 12.1. The number of nitrogens with zero attached hydrogens (tertiary/aromatic N) is 3. The highest BCUT2D eigenvalue weighted by atomic mass is 35.5. The number of halogens is 3. The van der Waals surface area contributed by atoms with Gasteiger partial charge >= 0.3 is 0 Å². The van der Waals surface area contributed by atoms with Gasteiger partial charge in [0.05, 0.1) is 28.6 Å². The van der Waals surface area contributed by atoms with Gasteiger partial charge in [0.15, 0.2) is 0 Å². The van der Waals surface area contributed by atoms with Crippen LogP contribution in [0.3, 0.4) is 0 Å². The molecule has 4 aromatic rings.